The summed E-state index contributed by atoms with van der Waals surface area (Å²) >= 11 is 0. The van der Waals surface area contributed by atoms with Crippen LogP contribution in [0.5, 0.6) is 0 Å². The molecule has 0 aliphatic carbocycles. The molecule has 0 unspecified atom stereocenters. The van der Waals surface area contributed by atoms with Gasteiger partial charge in [0.15, 0.2) is 0 Å². The average Bonchev–Trinajstić information content (AvgIpc) is 2.25. The van der Waals surface area contributed by atoms with E-state index in [1.807, 2.05) is 0 Å². The van der Waals surface area contributed by atoms with Gasteiger partial charge < -0.3 is 10.4 Å². The van der Waals surface area contributed by atoms with E-state index in [1.54, 1.807) is 0 Å². The number of benzene rings is 1. The smallest absolute Gasteiger partial charge is 0.338 e. The van der Waals surface area contributed by atoms with Gasteiger partial charge in [-0.05, 0) is 6.07 Å². The molecule has 0 aromatic heterocycles. The molecule has 0 bridgehead atoms. The van der Waals surface area contributed by atoms with Crippen molar-refractivity contribution >= 4 is 18.0 Å². The van der Waals surface area contributed by atoms with Crippen molar-refractivity contribution in [2.24, 2.45) is 0 Å². The second-order valence-electron chi connectivity index (χ2n) is 3.50. The number of nitrogens with one attached hydrogen (secondary N) is 1. The van der Waals surface area contributed by atoms with Crippen molar-refractivity contribution in [3.05, 3.63) is 41.0 Å². The molecule has 1 aromatic carbocycles. The lowest BCUT2D eigenvalue weighted by molar-refractivity contribution is -0.118. The zero-order valence-corrected chi connectivity index (χ0v) is 9.54. The minimum Gasteiger partial charge on any atom is -0.478 e. The number of carbonyl (C=O) groups excluding carboxylic acids is 1. The Balaban J connectivity index is 2.92. The predicted octanol–water partition coefficient (Wildman–Crippen LogP) is 1.81. The highest BCUT2D eigenvalue weighted by atomic mass is 19.1. The van der Waals surface area contributed by atoms with E-state index in [-0.39, 0.29) is 18.0 Å². The highest BCUT2D eigenvalue weighted by molar-refractivity contribution is 5.88. The average molecular weight is 255 g/mol. The van der Waals surface area contributed by atoms with Crippen molar-refractivity contribution < 1.29 is 23.5 Å². The second kappa shape index (κ2) is 5.90. The monoisotopic (exact) mass is 255 g/mol. The zero-order chi connectivity index (χ0) is 13.7. The fourth-order valence-electron chi connectivity index (χ4n) is 1.25. The van der Waals surface area contributed by atoms with Gasteiger partial charge in [0, 0.05) is 25.1 Å². The SMILES string of the molecule is CC(=O)NCC=Cc1cc(C(=O)O)c(F)cc1F. The summed E-state index contributed by atoms with van der Waals surface area (Å²) in [6, 6.07) is 1.42. The van der Waals surface area contributed by atoms with Crippen LogP contribution in [0.15, 0.2) is 18.2 Å². The van der Waals surface area contributed by atoms with Crippen LogP contribution >= 0.6 is 0 Å². The molecule has 18 heavy (non-hydrogen) atoms. The standard InChI is InChI=1S/C12H11F2NO3/c1-7(16)15-4-2-3-8-5-9(12(17)18)11(14)6-10(8)13/h2-3,5-6H,4H2,1H3,(H,15,16)(H,17,18). The quantitative estimate of drug-likeness (QED) is 0.862. The first-order valence-corrected chi connectivity index (χ1v) is 5.05. The molecule has 6 heteroatoms. The minimum atomic E-state index is -1.47. The number of carbonyl (C=O) groups is 2. The fourth-order valence-corrected chi connectivity index (χ4v) is 1.25. The van der Waals surface area contributed by atoms with Crippen LogP contribution in [0.1, 0.15) is 22.8 Å². The third kappa shape index (κ3) is 3.65. The topological polar surface area (TPSA) is 66.4 Å². The lowest BCUT2D eigenvalue weighted by Crippen LogP contribution is -2.19. The van der Waals surface area contributed by atoms with Gasteiger partial charge in [-0.2, -0.15) is 0 Å². The molecule has 2 N–H and O–H groups in total. The Hall–Kier alpha value is -2.24. The van der Waals surface area contributed by atoms with Crippen LogP contribution in [0.3, 0.4) is 0 Å². The number of hydrogen-bond acceptors (Lipinski definition) is 2. The molecule has 0 aliphatic rings. The van der Waals surface area contributed by atoms with Crippen LogP contribution in [0.4, 0.5) is 8.78 Å². The van der Waals surface area contributed by atoms with Gasteiger partial charge in [-0.15, -0.1) is 0 Å². The minimum absolute atomic E-state index is 0.0563. The van der Waals surface area contributed by atoms with Crippen molar-refractivity contribution in [3.8, 4) is 0 Å². The maximum Gasteiger partial charge on any atom is 0.338 e. The van der Waals surface area contributed by atoms with Crippen LogP contribution < -0.4 is 5.32 Å². The maximum absolute atomic E-state index is 13.3. The first kappa shape index (κ1) is 13.8. The van der Waals surface area contributed by atoms with E-state index in [0.29, 0.717) is 6.07 Å². The molecule has 0 saturated heterocycles. The van der Waals surface area contributed by atoms with Gasteiger partial charge in [0.1, 0.15) is 11.6 Å². The number of rotatable bonds is 4. The van der Waals surface area contributed by atoms with Crippen LogP contribution in [0, 0.1) is 11.6 Å². The first-order chi connectivity index (χ1) is 8.41. The largest absolute Gasteiger partial charge is 0.478 e. The van der Waals surface area contributed by atoms with E-state index < -0.39 is 23.2 Å². The summed E-state index contributed by atoms with van der Waals surface area (Å²) in [5, 5.41) is 11.1. The van der Waals surface area contributed by atoms with Gasteiger partial charge in [-0.25, -0.2) is 13.6 Å². The fraction of sp³-hybridized carbons (Fsp3) is 0.167. The summed E-state index contributed by atoms with van der Waals surface area (Å²) in [7, 11) is 0. The van der Waals surface area contributed by atoms with Gasteiger partial charge >= 0.3 is 5.97 Å². The molecule has 0 fully saturated rings. The van der Waals surface area contributed by atoms with E-state index in [4.69, 9.17) is 5.11 Å². The summed E-state index contributed by atoms with van der Waals surface area (Å²) < 4.78 is 26.4. The lowest BCUT2D eigenvalue weighted by atomic mass is 10.1. The normalized spacial score (nSPS) is 10.6. The Labute approximate surface area is 102 Å². The van der Waals surface area contributed by atoms with Crippen molar-refractivity contribution in [2.75, 3.05) is 6.54 Å². The van der Waals surface area contributed by atoms with Crippen molar-refractivity contribution in [1.29, 1.82) is 0 Å². The van der Waals surface area contributed by atoms with Gasteiger partial charge in [0.25, 0.3) is 0 Å². The van der Waals surface area contributed by atoms with Gasteiger partial charge in [-0.1, -0.05) is 12.2 Å². The molecule has 1 rings (SSSR count). The summed E-state index contributed by atoms with van der Waals surface area (Å²) in [4.78, 5) is 21.2. The molecule has 1 amide bonds. The first-order valence-electron chi connectivity index (χ1n) is 5.05. The summed E-state index contributed by atoms with van der Waals surface area (Å²) in [6.07, 6.45) is 2.71. The Morgan fingerprint density at radius 1 is 1.33 bits per heavy atom. The second-order valence-corrected chi connectivity index (χ2v) is 3.50. The molecule has 0 spiro atoms. The molecular formula is C12H11F2NO3. The third-order valence-corrected chi connectivity index (χ3v) is 2.08. The van der Waals surface area contributed by atoms with Crippen molar-refractivity contribution in [2.45, 2.75) is 6.92 Å². The van der Waals surface area contributed by atoms with E-state index in [2.05, 4.69) is 5.32 Å². The van der Waals surface area contributed by atoms with Gasteiger partial charge in [-0.3, -0.25) is 4.79 Å². The molecule has 1 aromatic rings. The number of amides is 1. The van der Waals surface area contributed by atoms with Crippen LogP contribution in [0.2, 0.25) is 0 Å². The van der Waals surface area contributed by atoms with Crippen molar-refractivity contribution in [3.63, 3.8) is 0 Å². The number of hydrogen-bond donors (Lipinski definition) is 2. The predicted molar refractivity (Wildman–Crippen MR) is 61.0 cm³/mol. The summed E-state index contributed by atoms with van der Waals surface area (Å²) in [6.45, 7) is 1.50. The summed E-state index contributed by atoms with van der Waals surface area (Å²) in [5.74, 6) is -3.70. The molecule has 0 atom stereocenters. The maximum atomic E-state index is 13.3. The molecule has 96 valence electrons. The Bertz CT molecular complexity index is 512. The van der Waals surface area contributed by atoms with E-state index in [9.17, 15) is 18.4 Å². The third-order valence-electron chi connectivity index (χ3n) is 2.08. The molecule has 4 nitrogen and oxygen atoms in total. The van der Waals surface area contributed by atoms with Crippen LogP contribution in [0.25, 0.3) is 6.08 Å². The Kier molecular flexibility index (Phi) is 4.53. The summed E-state index contributed by atoms with van der Waals surface area (Å²) in [5.41, 5.74) is -0.658. The number of carboxylic acid groups (broad SMARTS) is 1. The van der Waals surface area contributed by atoms with E-state index >= 15 is 0 Å². The van der Waals surface area contributed by atoms with Crippen LogP contribution in [-0.4, -0.2) is 23.5 Å². The van der Waals surface area contributed by atoms with Gasteiger partial charge in [0.05, 0.1) is 5.56 Å². The van der Waals surface area contributed by atoms with Gasteiger partial charge in [0.2, 0.25) is 5.91 Å². The molecule has 0 heterocycles. The number of aromatic carboxylic acids is 1. The zero-order valence-electron chi connectivity index (χ0n) is 9.54. The van der Waals surface area contributed by atoms with E-state index in [1.165, 1.54) is 19.1 Å². The van der Waals surface area contributed by atoms with Crippen LogP contribution in [-0.2, 0) is 4.79 Å². The highest BCUT2D eigenvalue weighted by Crippen LogP contribution is 2.16. The van der Waals surface area contributed by atoms with E-state index in [0.717, 1.165) is 6.07 Å². The Morgan fingerprint density at radius 2 is 2.00 bits per heavy atom. The molecule has 0 radical (unpaired) electrons. The number of halogens is 2. The number of carboxylic acids is 1. The molecule has 0 aliphatic heterocycles. The lowest BCUT2D eigenvalue weighted by Gasteiger charge is -2.02. The van der Waals surface area contributed by atoms with Crippen molar-refractivity contribution in [1.82, 2.24) is 5.32 Å². The molecule has 0 saturated carbocycles. The highest BCUT2D eigenvalue weighted by Gasteiger charge is 2.13. The Morgan fingerprint density at radius 3 is 2.56 bits per heavy atom. The molecular weight excluding hydrogens is 244 g/mol.